The van der Waals surface area contributed by atoms with Crippen molar-refractivity contribution in [2.75, 3.05) is 59.1 Å². The maximum Gasteiger partial charge on any atom is 0.265 e. The van der Waals surface area contributed by atoms with Gasteiger partial charge >= 0.3 is 0 Å². The minimum atomic E-state index is -0.530. The van der Waals surface area contributed by atoms with E-state index in [0.717, 1.165) is 89.0 Å². The number of thiophene rings is 1. The average Bonchev–Trinajstić information content (AvgIpc) is 3.08. The predicted molar refractivity (Wildman–Crippen MR) is 329 cm³/mol. The van der Waals surface area contributed by atoms with Crippen LogP contribution in [-0.4, -0.2) is 103 Å². The summed E-state index contributed by atoms with van der Waals surface area (Å²) < 4.78 is 18.9. The molecule has 0 atom stereocenters. The minimum Gasteiger partial charge on any atom is -0.507 e. The fraction of sp³-hybridized carbons (Fsp3) is 0.343. The molecule has 4 amide bonds. The molecule has 84 heavy (non-hydrogen) atoms. The van der Waals surface area contributed by atoms with Crippen molar-refractivity contribution < 1.29 is 38.5 Å². The van der Waals surface area contributed by atoms with Crippen molar-refractivity contribution in [1.82, 2.24) is 14.7 Å². The van der Waals surface area contributed by atoms with Gasteiger partial charge in [0, 0.05) is 125 Å². The summed E-state index contributed by atoms with van der Waals surface area (Å²) >= 11 is 8.13. The van der Waals surface area contributed by atoms with Gasteiger partial charge in [-0.25, -0.2) is 0 Å². The van der Waals surface area contributed by atoms with Gasteiger partial charge in [0.1, 0.15) is 27.9 Å². The Labute approximate surface area is 499 Å². The maximum atomic E-state index is 13.3. The van der Waals surface area contributed by atoms with Crippen LogP contribution in [0.2, 0.25) is 5.02 Å². The molecular weight excluding hydrogens is 1100 g/mol. The van der Waals surface area contributed by atoms with E-state index in [4.69, 9.17) is 48.7 Å². The second-order valence-electron chi connectivity index (χ2n) is 23.0. The quantitative estimate of drug-likeness (QED) is 0.0854. The number of para-hydroxylation sites is 1. The molecule has 0 saturated carbocycles. The molecule has 0 radical (unpaired) electrons. The number of aromatic hydroxyl groups is 1. The molecular formula is C67H72ClN7O8S. The van der Waals surface area contributed by atoms with E-state index in [9.17, 15) is 24.3 Å². The van der Waals surface area contributed by atoms with Crippen molar-refractivity contribution in [3.05, 3.63) is 193 Å². The third-order valence-electron chi connectivity index (χ3n) is 18.1. The number of aryl methyl sites for hydroxylation is 1. The SMILES string of the molecule is CCc1ccc2c(Cl)c(C(=O)N3CCC4(CC3)COc3ccc(CN)cc34)sc2c1.NCc1ccc2c(c1)C1(CCN(C(=O)/C=C/c3ccccc3O)CC1)CO2.NCc1ccc2c(c1)C1(CCN(C(=O)c3cccc(C(N)=O)c3)CC1)CO2. The molecule has 13 rings (SSSR count). The third kappa shape index (κ3) is 11.5. The van der Waals surface area contributed by atoms with Crippen molar-refractivity contribution in [2.24, 2.45) is 22.9 Å². The number of ether oxygens (including phenoxy) is 3. The van der Waals surface area contributed by atoms with Crippen molar-refractivity contribution in [1.29, 1.82) is 0 Å². The number of primary amides is 1. The zero-order chi connectivity index (χ0) is 58.8. The lowest BCUT2D eigenvalue weighted by Crippen LogP contribution is -2.46. The van der Waals surface area contributed by atoms with Gasteiger partial charge in [0.25, 0.3) is 11.8 Å². The number of benzene rings is 6. The topological polar surface area (TPSA) is 230 Å². The summed E-state index contributed by atoms with van der Waals surface area (Å²) in [5, 5.41) is 11.4. The number of piperidine rings is 3. The van der Waals surface area contributed by atoms with E-state index in [1.807, 2.05) is 63.2 Å². The van der Waals surface area contributed by atoms with Gasteiger partial charge in [-0.3, -0.25) is 19.2 Å². The van der Waals surface area contributed by atoms with E-state index in [0.29, 0.717) is 105 Å². The summed E-state index contributed by atoms with van der Waals surface area (Å²) in [5.74, 6) is 2.45. The number of phenols is 1. The van der Waals surface area contributed by atoms with Gasteiger partial charge in [-0.05, 0) is 122 Å². The number of amides is 4. The molecule has 3 saturated heterocycles. The van der Waals surface area contributed by atoms with Crippen LogP contribution in [0.25, 0.3) is 16.2 Å². The zero-order valence-electron chi connectivity index (χ0n) is 47.4. The van der Waals surface area contributed by atoms with Crippen LogP contribution in [0.4, 0.5) is 0 Å². The highest BCUT2D eigenvalue weighted by Gasteiger charge is 2.47. The summed E-state index contributed by atoms with van der Waals surface area (Å²) in [5.41, 5.74) is 32.5. The Hall–Kier alpha value is -7.73. The largest absolute Gasteiger partial charge is 0.507 e. The number of likely N-dealkylation sites (tertiary alicyclic amines) is 3. The number of carbonyl (C=O) groups is 4. The number of nitrogens with two attached hydrogens (primary N) is 4. The molecule has 7 aromatic rings. The van der Waals surface area contributed by atoms with Crippen LogP contribution >= 0.6 is 22.9 Å². The summed E-state index contributed by atoms with van der Waals surface area (Å²) in [6, 6.07) is 38.5. The number of phenolic OH excluding ortho intramolecular Hbond substituents is 1. The molecule has 9 N–H and O–H groups in total. The first kappa shape index (κ1) is 58.1. The Balaban J connectivity index is 0.000000132. The van der Waals surface area contributed by atoms with E-state index in [1.165, 1.54) is 33.6 Å². The fourth-order valence-corrected chi connectivity index (χ4v) is 14.3. The van der Waals surface area contributed by atoms with Crippen LogP contribution in [-0.2, 0) is 47.1 Å². The Morgan fingerprint density at radius 2 is 1.04 bits per heavy atom. The van der Waals surface area contributed by atoms with Gasteiger partial charge in [0.2, 0.25) is 11.8 Å². The molecule has 17 heteroatoms. The van der Waals surface area contributed by atoms with E-state index in [-0.39, 0.29) is 39.7 Å². The molecule has 3 spiro atoms. The molecule has 0 unspecified atom stereocenters. The van der Waals surface area contributed by atoms with Gasteiger partial charge in [-0.15, -0.1) is 11.3 Å². The van der Waals surface area contributed by atoms with Gasteiger partial charge in [-0.2, -0.15) is 0 Å². The smallest absolute Gasteiger partial charge is 0.265 e. The number of hydrogen-bond acceptors (Lipinski definition) is 12. The predicted octanol–water partition coefficient (Wildman–Crippen LogP) is 9.77. The Bertz CT molecular complexity index is 3670. The summed E-state index contributed by atoms with van der Waals surface area (Å²) in [6.07, 6.45) is 9.41. The lowest BCUT2D eigenvalue weighted by molar-refractivity contribution is -0.127. The number of rotatable bonds is 9. The highest BCUT2D eigenvalue weighted by atomic mass is 35.5. The number of fused-ring (bicyclic) bond motifs is 7. The lowest BCUT2D eigenvalue weighted by Gasteiger charge is -2.38. The molecule has 6 aromatic carbocycles. The summed E-state index contributed by atoms with van der Waals surface area (Å²) in [6.45, 7) is 9.78. The molecule has 7 heterocycles. The lowest BCUT2D eigenvalue weighted by atomic mass is 9.74. The van der Waals surface area contributed by atoms with Gasteiger partial charge in [0.05, 0.1) is 24.8 Å². The molecule has 1 aromatic heterocycles. The van der Waals surface area contributed by atoms with Crippen molar-refractivity contribution >= 4 is 62.7 Å². The van der Waals surface area contributed by atoms with Gasteiger partial charge < -0.3 is 57.0 Å². The molecule has 15 nitrogen and oxygen atoms in total. The second kappa shape index (κ2) is 24.5. The molecule has 6 aliphatic heterocycles. The standard InChI is InChI=1S/C24H25ClN2O2S.C22H24N2O3.C21H23N3O3/c1-2-15-3-5-17-20(12-15)30-22(21(17)25)23(28)27-9-7-24(8-10-27)14-29-19-6-4-16(13-26)11-18(19)24;23-14-16-5-7-20-18(13-16)22(15-27-20)9-11-24(12-10-22)21(26)8-6-17-3-1-2-4-19(17)25;22-12-14-4-5-18-17(10-14)21(13-27-18)6-8-24(9-7-21)20(26)16-3-1-2-15(11-16)19(23)25/h3-6,11-12H,2,7-10,13-14,26H2,1H3;1-8,13,25H,9-12,14-15,23H2;1-5,10-11H,6-9,12-13,22H2,(H2,23,25)/b;8-6+;. The van der Waals surface area contributed by atoms with Crippen molar-refractivity contribution in [3.8, 4) is 23.0 Å². The third-order valence-corrected chi connectivity index (χ3v) is 19.8. The first-order valence-electron chi connectivity index (χ1n) is 29.0. The molecule has 6 aliphatic rings. The zero-order valence-corrected chi connectivity index (χ0v) is 49.0. The van der Waals surface area contributed by atoms with Crippen LogP contribution in [0.15, 0.2) is 127 Å². The first-order chi connectivity index (χ1) is 40.7. The first-order valence-corrected chi connectivity index (χ1v) is 30.2. The van der Waals surface area contributed by atoms with Crippen LogP contribution in [0.5, 0.6) is 23.0 Å². The number of nitrogens with zero attached hydrogens (tertiary/aromatic N) is 3. The number of carbonyl (C=O) groups excluding carboxylic acids is 4. The monoisotopic (exact) mass is 1170 g/mol. The van der Waals surface area contributed by atoms with Crippen LogP contribution in [0, 0.1) is 0 Å². The average molecular weight is 1170 g/mol. The number of hydrogen-bond donors (Lipinski definition) is 5. The van der Waals surface area contributed by atoms with Crippen LogP contribution in [0.1, 0.15) is 120 Å². The Kier molecular flexibility index (Phi) is 16.9. The van der Waals surface area contributed by atoms with E-state index >= 15 is 0 Å². The van der Waals surface area contributed by atoms with E-state index in [2.05, 4.69) is 37.3 Å². The van der Waals surface area contributed by atoms with Crippen LogP contribution in [0.3, 0.4) is 0 Å². The van der Waals surface area contributed by atoms with E-state index < -0.39 is 5.91 Å². The minimum absolute atomic E-state index is 0.0152. The molecule has 3 fully saturated rings. The van der Waals surface area contributed by atoms with Crippen molar-refractivity contribution in [3.63, 3.8) is 0 Å². The highest BCUT2D eigenvalue weighted by Crippen LogP contribution is 2.49. The normalized spacial score (nSPS) is 17.6. The van der Waals surface area contributed by atoms with Gasteiger partial charge in [-0.1, -0.05) is 91.3 Å². The maximum absolute atomic E-state index is 13.3. The molecule has 436 valence electrons. The fourth-order valence-electron chi connectivity index (χ4n) is 12.8. The van der Waals surface area contributed by atoms with Gasteiger partial charge in [0.15, 0.2) is 0 Å². The summed E-state index contributed by atoms with van der Waals surface area (Å²) in [4.78, 5) is 56.4. The Morgan fingerprint density at radius 3 is 1.51 bits per heavy atom. The van der Waals surface area contributed by atoms with Crippen molar-refractivity contribution in [2.45, 2.75) is 87.7 Å². The molecule has 0 aliphatic carbocycles. The molecule has 0 bridgehead atoms. The van der Waals surface area contributed by atoms with Crippen LogP contribution < -0.4 is 37.1 Å². The van der Waals surface area contributed by atoms with E-state index in [1.54, 1.807) is 54.6 Å². The Morgan fingerprint density at radius 1 is 0.571 bits per heavy atom. The highest BCUT2D eigenvalue weighted by molar-refractivity contribution is 7.21. The number of halogens is 1. The second-order valence-corrected chi connectivity index (χ2v) is 24.4. The summed E-state index contributed by atoms with van der Waals surface area (Å²) in [7, 11) is 0.